The molecule has 2 aromatic rings. The zero-order chi connectivity index (χ0) is 23.3. The smallest absolute Gasteiger partial charge is 0.271 e. The molecular formula is C18H20F2N4O5S2. The monoisotopic (exact) mass is 474 g/mol. The van der Waals surface area contributed by atoms with Crippen molar-refractivity contribution in [2.75, 3.05) is 17.6 Å². The molecule has 0 bridgehead atoms. The topological polar surface area (TPSA) is 144 Å². The highest BCUT2D eigenvalue weighted by Gasteiger charge is 2.29. The lowest BCUT2D eigenvalue weighted by Crippen LogP contribution is -2.49. The number of sulfonamides is 1. The summed E-state index contributed by atoms with van der Waals surface area (Å²) in [5, 5.41) is 32.9. The van der Waals surface area contributed by atoms with E-state index < -0.39 is 52.2 Å². The van der Waals surface area contributed by atoms with E-state index in [0.29, 0.717) is 6.07 Å². The number of amides is 1. The molecule has 31 heavy (non-hydrogen) atoms. The van der Waals surface area contributed by atoms with Gasteiger partial charge in [0.2, 0.25) is 10.0 Å². The number of carbonyl (C=O) groups excluding carboxylic acids is 1. The predicted octanol–water partition coefficient (Wildman–Crippen LogP) is 0.794. The fourth-order valence-electron chi connectivity index (χ4n) is 2.62. The molecule has 1 amide bonds. The lowest BCUT2D eigenvalue weighted by Gasteiger charge is -2.26. The summed E-state index contributed by atoms with van der Waals surface area (Å²) in [7, 11) is -2.33. The fourth-order valence-corrected chi connectivity index (χ4v) is 4.16. The summed E-state index contributed by atoms with van der Waals surface area (Å²) >= 11 is 0.891. The molecule has 0 aliphatic carbocycles. The maximum absolute atomic E-state index is 13.5. The zero-order valence-corrected chi connectivity index (χ0v) is 18.1. The highest BCUT2D eigenvalue weighted by Crippen LogP contribution is 2.22. The quantitative estimate of drug-likeness (QED) is 0.488. The summed E-state index contributed by atoms with van der Waals surface area (Å²) in [5.41, 5.74) is -0.0605. The molecule has 1 heterocycles. The standard InChI is InChI=1S/C18H20F2N4O5S2/c1-24(31(2,28)29)18-23-14(9-30-18)17(27)22-13(16(26)15(25)3-4-21)7-10-5-11(19)8-12(20)6-10/h5-6,8-9,13,15-16,25-26H,3,7H2,1-2H3,(H,22,27). The Labute approximate surface area is 181 Å². The number of aliphatic hydroxyl groups is 2. The number of halogens is 2. The molecule has 0 saturated carbocycles. The van der Waals surface area contributed by atoms with Crippen LogP contribution in [0.3, 0.4) is 0 Å². The molecule has 0 spiro atoms. The molecule has 2 rings (SSSR count). The van der Waals surface area contributed by atoms with E-state index in [0.717, 1.165) is 34.0 Å². The number of aromatic nitrogens is 1. The number of aliphatic hydroxyl groups excluding tert-OH is 2. The molecule has 9 nitrogen and oxygen atoms in total. The van der Waals surface area contributed by atoms with Crippen LogP contribution < -0.4 is 9.62 Å². The lowest BCUT2D eigenvalue weighted by molar-refractivity contribution is -0.000397. The van der Waals surface area contributed by atoms with E-state index in [-0.39, 0.29) is 22.8 Å². The molecule has 0 aliphatic heterocycles. The molecule has 1 aromatic carbocycles. The molecule has 13 heteroatoms. The Morgan fingerprint density at radius 1 is 1.32 bits per heavy atom. The van der Waals surface area contributed by atoms with Gasteiger partial charge in [-0.3, -0.25) is 4.79 Å². The van der Waals surface area contributed by atoms with Crippen molar-refractivity contribution in [2.24, 2.45) is 0 Å². The summed E-state index contributed by atoms with van der Waals surface area (Å²) < 4.78 is 51.1. The number of hydrogen-bond acceptors (Lipinski definition) is 8. The summed E-state index contributed by atoms with van der Waals surface area (Å²) in [6, 6.07) is 3.13. The Morgan fingerprint density at radius 2 is 1.94 bits per heavy atom. The average molecular weight is 475 g/mol. The number of hydrogen-bond donors (Lipinski definition) is 3. The number of nitrogens with zero attached hydrogens (tertiary/aromatic N) is 3. The highest BCUT2D eigenvalue weighted by atomic mass is 32.2. The first-order valence-electron chi connectivity index (χ1n) is 8.80. The first kappa shape index (κ1) is 24.6. The highest BCUT2D eigenvalue weighted by molar-refractivity contribution is 7.92. The minimum atomic E-state index is -3.60. The van der Waals surface area contributed by atoms with Crippen molar-refractivity contribution in [1.29, 1.82) is 5.26 Å². The van der Waals surface area contributed by atoms with Crippen molar-refractivity contribution < 1.29 is 32.2 Å². The molecule has 0 saturated heterocycles. The van der Waals surface area contributed by atoms with Gasteiger partial charge in [-0.05, 0) is 24.1 Å². The van der Waals surface area contributed by atoms with E-state index in [1.54, 1.807) is 6.07 Å². The molecule has 3 N–H and O–H groups in total. The van der Waals surface area contributed by atoms with E-state index >= 15 is 0 Å². The zero-order valence-electron chi connectivity index (χ0n) is 16.5. The molecule has 168 valence electrons. The van der Waals surface area contributed by atoms with Crippen LogP contribution in [0.15, 0.2) is 23.6 Å². The maximum atomic E-state index is 13.5. The van der Waals surface area contributed by atoms with Gasteiger partial charge in [0.25, 0.3) is 5.91 Å². The first-order valence-corrected chi connectivity index (χ1v) is 11.5. The van der Waals surface area contributed by atoms with Crippen LogP contribution in [-0.4, -0.2) is 61.1 Å². The number of nitriles is 1. The summed E-state index contributed by atoms with van der Waals surface area (Å²) in [6.45, 7) is 0. The third-order valence-electron chi connectivity index (χ3n) is 4.29. The number of anilines is 1. The van der Waals surface area contributed by atoms with Gasteiger partial charge < -0.3 is 15.5 Å². The van der Waals surface area contributed by atoms with E-state index in [2.05, 4.69) is 10.3 Å². The van der Waals surface area contributed by atoms with Crippen LogP contribution >= 0.6 is 11.3 Å². The second kappa shape index (κ2) is 10.1. The van der Waals surface area contributed by atoms with Crippen molar-refractivity contribution in [3.63, 3.8) is 0 Å². The van der Waals surface area contributed by atoms with Gasteiger partial charge in [0.1, 0.15) is 23.4 Å². The van der Waals surface area contributed by atoms with Crippen LogP contribution in [0.5, 0.6) is 0 Å². The van der Waals surface area contributed by atoms with Gasteiger partial charge in [-0.15, -0.1) is 11.3 Å². The Kier molecular flexibility index (Phi) is 8.02. The molecule has 1 aromatic heterocycles. The van der Waals surface area contributed by atoms with Gasteiger partial charge in [-0.2, -0.15) is 5.26 Å². The fraction of sp³-hybridized carbons (Fsp3) is 0.389. The lowest BCUT2D eigenvalue weighted by atomic mass is 9.96. The van der Waals surface area contributed by atoms with Crippen molar-refractivity contribution in [3.8, 4) is 6.07 Å². The number of rotatable bonds is 9. The second-order valence-electron chi connectivity index (χ2n) is 6.73. The predicted molar refractivity (Wildman–Crippen MR) is 109 cm³/mol. The van der Waals surface area contributed by atoms with E-state index in [9.17, 15) is 32.2 Å². The third kappa shape index (κ3) is 6.66. The van der Waals surface area contributed by atoms with Gasteiger partial charge in [0, 0.05) is 18.5 Å². The SMILES string of the molecule is CN(c1nc(C(=O)NC(Cc2cc(F)cc(F)c2)C(O)C(O)CC#N)cs1)S(C)(=O)=O. The van der Waals surface area contributed by atoms with Crippen LogP contribution in [0.4, 0.5) is 13.9 Å². The van der Waals surface area contributed by atoms with Crippen molar-refractivity contribution in [1.82, 2.24) is 10.3 Å². The Hall–Kier alpha value is -2.66. The van der Waals surface area contributed by atoms with E-state index in [1.165, 1.54) is 12.4 Å². The van der Waals surface area contributed by atoms with E-state index in [1.807, 2.05) is 0 Å². The van der Waals surface area contributed by atoms with Gasteiger partial charge in [-0.25, -0.2) is 26.5 Å². The maximum Gasteiger partial charge on any atom is 0.271 e. The number of nitrogens with one attached hydrogen (secondary N) is 1. The summed E-state index contributed by atoms with van der Waals surface area (Å²) in [4.78, 5) is 16.6. The number of benzene rings is 1. The second-order valence-corrected chi connectivity index (χ2v) is 9.58. The Morgan fingerprint density at radius 3 is 2.48 bits per heavy atom. The van der Waals surface area contributed by atoms with Gasteiger partial charge >= 0.3 is 0 Å². The third-order valence-corrected chi connectivity index (χ3v) is 6.49. The minimum absolute atomic E-state index is 0.0291. The van der Waals surface area contributed by atoms with Gasteiger partial charge in [0.05, 0.1) is 30.9 Å². The average Bonchev–Trinajstić information content (AvgIpc) is 3.15. The summed E-state index contributed by atoms with van der Waals surface area (Å²) in [5.74, 6) is -2.53. The van der Waals surface area contributed by atoms with Crippen molar-refractivity contribution in [2.45, 2.75) is 31.1 Å². The Bertz CT molecular complexity index is 1070. The van der Waals surface area contributed by atoms with Crippen LogP contribution in [0, 0.1) is 23.0 Å². The normalized spacial score (nSPS) is 14.4. The van der Waals surface area contributed by atoms with Crippen LogP contribution in [0.2, 0.25) is 0 Å². The molecule has 0 fully saturated rings. The Balaban J connectivity index is 2.27. The van der Waals surface area contributed by atoms with Crippen LogP contribution in [0.1, 0.15) is 22.5 Å². The first-order chi connectivity index (χ1) is 14.4. The van der Waals surface area contributed by atoms with Gasteiger partial charge in [0.15, 0.2) is 5.13 Å². The molecular weight excluding hydrogens is 454 g/mol. The van der Waals surface area contributed by atoms with Crippen molar-refractivity contribution >= 4 is 32.4 Å². The molecule has 0 radical (unpaired) electrons. The molecule has 3 atom stereocenters. The largest absolute Gasteiger partial charge is 0.389 e. The number of thiazole rings is 1. The number of carbonyl (C=O) groups is 1. The molecule has 3 unspecified atom stereocenters. The minimum Gasteiger partial charge on any atom is -0.389 e. The van der Waals surface area contributed by atoms with Gasteiger partial charge in [-0.1, -0.05) is 0 Å². The molecule has 0 aliphatic rings. The van der Waals surface area contributed by atoms with Crippen LogP contribution in [0.25, 0.3) is 0 Å². The van der Waals surface area contributed by atoms with E-state index in [4.69, 9.17) is 5.26 Å². The summed E-state index contributed by atoms with van der Waals surface area (Å²) in [6.07, 6.45) is -2.90. The van der Waals surface area contributed by atoms with Crippen molar-refractivity contribution in [3.05, 3.63) is 46.5 Å². The van der Waals surface area contributed by atoms with Crippen LogP contribution in [-0.2, 0) is 16.4 Å².